The van der Waals surface area contributed by atoms with Crippen LogP contribution in [0.5, 0.6) is 0 Å². The predicted octanol–water partition coefficient (Wildman–Crippen LogP) is 1.39. The molecule has 0 unspecified atom stereocenters. The second kappa shape index (κ2) is 9.33. The summed E-state index contributed by atoms with van der Waals surface area (Å²) in [7, 11) is 3.21. The van der Waals surface area contributed by atoms with E-state index < -0.39 is 0 Å². The Morgan fingerprint density at radius 2 is 1.73 bits per heavy atom. The van der Waals surface area contributed by atoms with E-state index in [1.165, 1.54) is 0 Å². The summed E-state index contributed by atoms with van der Waals surface area (Å²) in [6.45, 7) is 6.80. The van der Waals surface area contributed by atoms with Crippen LogP contribution in [-0.4, -0.2) is 26.8 Å². The lowest BCUT2D eigenvalue weighted by Gasteiger charge is -2.03. The van der Waals surface area contributed by atoms with Crippen LogP contribution in [0, 0.1) is 0 Å². The lowest BCUT2D eigenvalue weighted by atomic mass is 10.4. The first-order valence-electron chi connectivity index (χ1n) is 3.24. The molecule has 0 aromatic rings. The molecule has 0 saturated carbocycles. The van der Waals surface area contributed by atoms with Crippen molar-refractivity contribution in [2.24, 2.45) is 0 Å². The molecule has 11 heavy (non-hydrogen) atoms. The van der Waals surface area contributed by atoms with Crippen molar-refractivity contribution in [2.75, 3.05) is 14.2 Å². The lowest BCUT2D eigenvalue weighted by Crippen LogP contribution is -2.05. The number of hydrogen-bond donors (Lipinski definition) is 0. The van der Waals surface area contributed by atoms with Gasteiger partial charge in [-0.25, -0.2) is 0 Å². The van der Waals surface area contributed by atoms with Crippen LogP contribution >= 0.6 is 0 Å². The molecule has 0 spiro atoms. The molecule has 0 aromatic heterocycles. The van der Waals surface area contributed by atoms with E-state index in [1.807, 2.05) is 6.92 Å². The van der Waals surface area contributed by atoms with Crippen molar-refractivity contribution in [3.63, 3.8) is 0 Å². The SMILES string of the molecule is C=C(C)C=O.COC(C)OC. The molecule has 0 rings (SSSR count). The van der Waals surface area contributed by atoms with Gasteiger partial charge in [0.05, 0.1) is 0 Å². The third-order valence-corrected chi connectivity index (χ3v) is 0.865. The van der Waals surface area contributed by atoms with Gasteiger partial charge in [-0.2, -0.15) is 0 Å². The number of carbonyl (C=O) groups excluding carboxylic acids is 1. The number of aldehydes is 1. The first-order chi connectivity index (χ1) is 5.08. The van der Waals surface area contributed by atoms with Crippen molar-refractivity contribution in [2.45, 2.75) is 20.1 Å². The molecule has 66 valence electrons. The second-order valence-corrected chi connectivity index (χ2v) is 2.00. The zero-order chi connectivity index (χ0) is 9.28. The maximum atomic E-state index is 9.41. The first kappa shape index (κ1) is 13.0. The summed E-state index contributed by atoms with van der Waals surface area (Å²) >= 11 is 0. The second-order valence-electron chi connectivity index (χ2n) is 2.00. The fourth-order valence-corrected chi connectivity index (χ4v) is 0.0962. The number of ether oxygens (including phenoxy) is 2. The minimum Gasteiger partial charge on any atom is -0.356 e. The number of methoxy groups -OCH3 is 2. The van der Waals surface area contributed by atoms with E-state index in [-0.39, 0.29) is 6.29 Å². The Morgan fingerprint density at radius 3 is 1.73 bits per heavy atom. The summed E-state index contributed by atoms with van der Waals surface area (Å²) in [5.74, 6) is 0. The van der Waals surface area contributed by atoms with Gasteiger partial charge in [0.15, 0.2) is 6.29 Å². The summed E-state index contributed by atoms with van der Waals surface area (Å²) in [4.78, 5) is 9.41. The van der Waals surface area contributed by atoms with Crippen LogP contribution in [-0.2, 0) is 14.3 Å². The maximum Gasteiger partial charge on any atom is 0.154 e. The van der Waals surface area contributed by atoms with E-state index >= 15 is 0 Å². The molecule has 0 heterocycles. The van der Waals surface area contributed by atoms with Gasteiger partial charge < -0.3 is 9.47 Å². The first-order valence-corrected chi connectivity index (χ1v) is 3.24. The van der Waals surface area contributed by atoms with Crippen LogP contribution in [0.4, 0.5) is 0 Å². The zero-order valence-electron chi connectivity index (χ0n) is 7.59. The van der Waals surface area contributed by atoms with Gasteiger partial charge in [-0.3, -0.25) is 4.79 Å². The van der Waals surface area contributed by atoms with Crippen molar-refractivity contribution < 1.29 is 14.3 Å². The average molecular weight is 160 g/mol. The van der Waals surface area contributed by atoms with E-state index in [1.54, 1.807) is 21.1 Å². The smallest absolute Gasteiger partial charge is 0.154 e. The number of hydrogen-bond acceptors (Lipinski definition) is 3. The van der Waals surface area contributed by atoms with E-state index in [0.717, 1.165) is 6.29 Å². The molecule has 0 fully saturated rings. The molecule has 0 saturated heterocycles. The van der Waals surface area contributed by atoms with Crippen LogP contribution in [0.2, 0.25) is 0 Å². The average Bonchev–Trinajstić information content (AvgIpc) is 2.04. The van der Waals surface area contributed by atoms with Gasteiger partial charge in [-0.05, 0) is 19.4 Å². The molecule has 0 aliphatic heterocycles. The van der Waals surface area contributed by atoms with Gasteiger partial charge in [0, 0.05) is 14.2 Å². The Kier molecular flexibility index (Phi) is 11.0. The van der Waals surface area contributed by atoms with Crippen LogP contribution < -0.4 is 0 Å². The molecule has 3 nitrogen and oxygen atoms in total. The predicted molar refractivity (Wildman–Crippen MR) is 44.4 cm³/mol. The molecule has 0 bridgehead atoms. The Balaban J connectivity index is 0. The number of carbonyl (C=O) groups is 1. The standard InChI is InChI=1S/C4H10O2.C4H6O/c1-4(5-2)6-3;1-4(2)3-5/h4H,1-3H3;3H,1H2,2H3. The van der Waals surface area contributed by atoms with E-state index in [2.05, 4.69) is 16.1 Å². The van der Waals surface area contributed by atoms with Crippen molar-refractivity contribution in [1.29, 1.82) is 0 Å². The molecule has 0 N–H and O–H groups in total. The zero-order valence-corrected chi connectivity index (χ0v) is 7.59. The number of rotatable bonds is 3. The summed E-state index contributed by atoms with van der Waals surface area (Å²) in [6.07, 6.45) is 0.657. The highest BCUT2D eigenvalue weighted by molar-refractivity contribution is 5.70. The minimum atomic E-state index is -0.0648. The molecule has 0 amide bonds. The highest BCUT2D eigenvalue weighted by atomic mass is 16.7. The van der Waals surface area contributed by atoms with Crippen LogP contribution in [0.1, 0.15) is 13.8 Å². The quantitative estimate of drug-likeness (QED) is 0.355. The third-order valence-electron chi connectivity index (χ3n) is 0.865. The Morgan fingerprint density at radius 1 is 1.45 bits per heavy atom. The molecule has 0 aromatic carbocycles. The minimum absolute atomic E-state index is 0.0648. The topological polar surface area (TPSA) is 35.5 Å². The molecular weight excluding hydrogens is 144 g/mol. The van der Waals surface area contributed by atoms with Gasteiger partial charge in [0.1, 0.15) is 6.29 Å². The molecule has 0 aliphatic carbocycles. The van der Waals surface area contributed by atoms with Crippen molar-refractivity contribution >= 4 is 6.29 Å². The maximum absolute atomic E-state index is 9.41. The van der Waals surface area contributed by atoms with Gasteiger partial charge >= 0.3 is 0 Å². The Hall–Kier alpha value is -0.670. The van der Waals surface area contributed by atoms with Gasteiger partial charge in [-0.1, -0.05) is 6.58 Å². The molecular formula is C8H16O3. The van der Waals surface area contributed by atoms with E-state index in [9.17, 15) is 4.79 Å². The van der Waals surface area contributed by atoms with Gasteiger partial charge in [0.2, 0.25) is 0 Å². The van der Waals surface area contributed by atoms with Crippen molar-refractivity contribution in [1.82, 2.24) is 0 Å². The largest absolute Gasteiger partial charge is 0.356 e. The summed E-state index contributed by atoms with van der Waals surface area (Å²) < 4.78 is 9.35. The Labute approximate surface area is 68.0 Å². The highest BCUT2D eigenvalue weighted by Crippen LogP contribution is 1.82. The normalized spacial score (nSPS) is 8.45. The fourth-order valence-electron chi connectivity index (χ4n) is 0.0962. The van der Waals surface area contributed by atoms with Crippen LogP contribution in [0.25, 0.3) is 0 Å². The summed E-state index contributed by atoms with van der Waals surface area (Å²) in [5.41, 5.74) is 0.574. The van der Waals surface area contributed by atoms with E-state index in [0.29, 0.717) is 5.57 Å². The fraction of sp³-hybridized carbons (Fsp3) is 0.625. The third kappa shape index (κ3) is 17.6. The summed E-state index contributed by atoms with van der Waals surface area (Å²) in [5, 5.41) is 0. The molecule has 0 radical (unpaired) electrons. The van der Waals surface area contributed by atoms with Gasteiger partial charge in [0.25, 0.3) is 0 Å². The molecule has 0 aliphatic rings. The monoisotopic (exact) mass is 160 g/mol. The Bertz CT molecular complexity index is 106. The highest BCUT2D eigenvalue weighted by Gasteiger charge is 1.87. The molecule has 0 atom stereocenters. The lowest BCUT2D eigenvalue weighted by molar-refractivity contribution is -0.104. The number of allylic oxidation sites excluding steroid dienone is 1. The van der Waals surface area contributed by atoms with E-state index in [4.69, 9.17) is 0 Å². The van der Waals surface area contributed by atoms with Crippen molar-refractivity contribution in [3.05, 3.63) is 12.2 Å². The van der Waals surface area contributed by atoms with Crippen molar-refractivity contribution in [3.8, 4) is 0 Å². The van der Waals surface area contributed by atoms with Gasteiger partial charge in [-0.15, -0.1) is 0 Å². The summed E-state index contributed by atoms with van der Waals surface area (Å²) in [6, 6.07) is 0. The molecule has 3 heteroatoms. The van der Waals surface area contributed by atoms with Crippen LogP contribution in [0.3, 0.4) is 0 Å². The van der Waals surface area contributed by atoms with Crippen LogP contribution in [0.15, 0.2) is 12.2 Å².